The molecule has 3 rings (SSSR count). The van der Waals surface area contributed by atoms with Crippen LogP contribution in [0.1, 0.15) is 33.4 Å². The van der Waals surface area contributed by atoms with E-state index < -0.39 is 0 Å². The van der Waals surface area contributed by atoms with E-state index in [-0.39, 0.29) is 0 Å². The first kappa shape index (κ1) is 13.2. The molecule has 2 aromatic carbocycles. The average molecular weight is 265 g/mol. The van der Waals surface area contributed by atoms with Crippen molar-refractivity contribution in [1.82, 2.24) is 4.57 Å². The van der Waals surface area contributed by atoms with Crippen LogP contribution < -0.4 is 0 Å². The van der Waals surface area contributed by atoms with Crippen molar-refractivity contribution in [2.45, 2.75) is 41.5 Å². The molecule has 20 heavy (non-hydrogen) atoms. The zero-order chi connectivity index (χ0) is 14.8. The van der Waals surface area contributed by atoms with Gasteiger partial charge in [-0.2, -0.15) is 0 Å². The third kappa shape index (κ3) is 1.49. The number of aryl methyl sites for hydroxylation is 5. The lowest BCUT2D eigenvalue weighted by molar-refractivity contribution is 1.01. The third-order valence-electron chi connectivity index (χ3n) is 5.25. The molecular formula is C19H23N. The quantitative estimate of drug-likeness (QED) is 0.527. The van der Waals surface area contributed by atoms with E-state index in [9.17, 15) is 0 Å². The highest BCUT2D eigenvalue weighted by Gasteiger charge is 2.16. The van der Waals surface area contributed by atoms with Gasteiger partial charge in [0, 0.05) is 28.9 Å². The van der Waals surface area contributed by atoms with Crippen LogP contribution in [-0.2, 0) is 7.05 Å². The molecule has 0 bridgehead atoms. The maximum absolute atomic E-state index is 2.35. The highest BCUT2D eigenvalue weighted by Crippen LogP contribution is 2.37. The Morgan fingerprint density at radius 3 is 1.30 bits per heavy atom. The van der Waals surface area contributed by atoms with E-state index in [1.807, 2.05) is 0 Å². The van der Waals surface area contributed by atoms with E-state index in [0.717, 1.165) is 0 Å². The number of benzene rings is 2. The number of fused-ring (bicyclic) bond motifs is 3. The fourth-order valence-corrected chi connectivity index (χ4v) is 3.41. The summed E-state index contributed by atoms with van der Waals surface area (Å²) in [6, 6.07) is 4.67. The van der Waals surface area contributed by atoms with Crippen LogP contribution in [0.15, 0.2) is 12.1 Å². The first-order valence-corrected chi connectivity index (χ1v) is 7.30. The summed E-state index contributed by atoms with van der Waals surface area (Å²) in [5.74, 6) is 0. The number of rotatable bonds is 0. The van der Waals surface area contributed by atoms with Crippen LogP contribution in [0, 0.1) is 41.5 Å². The topological polar surface area (TPSA) is 4.93 Å². The molecule has 104 valence electrons. The van der Waals surface area contributed by atoms with Crippen molar-refractivity contribution in [1.29, 1.82) is 0 Å². The van der Waals surface area contributed by atoms with E-state index in [0.29, 0.717) is 0 Å². The highest BCUT2D eigenvalue weighted by molar-refractivity contribution is 6.12. The largest absolute Gasteiger partial charge is 0.344 e. The zero-order valence-corrected chi connectivity index (χ0v) is 13.6. The summed E-state index contributed by atoms with van der Waals surface area (Å²) in [7, 11) is 2.19. The molecule has 0 aliphatic carbocycles. The summed E-state index contributed by atoms with van der Waals surface area (Å²) in [6.45, 7) is 13.4. The molecule has 0 fully saturated rings. The lowest BCUT2D eigenvalue weighted by Crippen LogP contribution is -1.91. The Labute approximate surface area is 121 Å². The van der Waals surface area contributed by atoms with Gasteiger partial charge in [0.05, 0.1) is 0 Å². The van der Waals surface area contributed by atoms with Crippen LogP contribution in [0.2, 0.25) is 0 Å². The molecular weight excluding hydrogens is 242 g/mol. The van der Waals surface area contributed by atoms with Crippen molar-refractivity contribution in [3.05, 3.63) is 45.5 Å². The minimum atomic E-state index is 1.36. The van der Waals surface area contributed by atoms with Gasteiger partial charge in [-0.1, -0.05) is 0 Å². The molecule has 0 spiro atoms. The van der Waals surface area contributed by atoms with Gasteiger partial charge in [-0.05, 0) is 87.1 Å². The van der Waals surface area contributed by atoms with Gasteiger partial charge in [0.15, 0.2) is 0 Å². The molecule has 0 atom stereocenters. The summed E-state index contributed by atoms with van der Waals surface area (Å²) in [5, 5.41) is 2.87. The van der Waals surface area contributed by atoms with Crippen molar-refractivity contribution in [2.75, 3.05) is 0 Å². The zero-order valence-electron chi connectivity index (χ0n) is 13.6. The number of hydrogen-bond donors (Lipinski definition) is 0. The lowest BCUT2D eigenvalue weighted by Gasteiger charge is -2.09. The van der Waals surface area contributed by atoms with Gasteiger partial charge in [0.2, 0.25) is 0 Å². The monoisotopic (exact) mass is 265 g/mol. The van der Waals surface area contributed by atoms with E-state index in [1.165, 1.54) is 55.2 Å². The summed E-state index contributed by atoms with van der Waals surface area (Å²) in [6.07, 6.45) is 0. The molecule has 1 nitrogen and oxygen atoms in total. The van der Waals surface area contributed by atoms with Gasteiger partial charge in [0.1, 0.15) is 0 Å². The molecule has 0 unspecified atom stereocenters. The smallest absolute Gasteiger partial charge is 0.0494 e. The Hall–Kier alpha value is -1.76. The van der Waals surface area contributed by atoms with Crippen LogP contribution in [0.4, 0.5) is 0 Å². The van der Waals surface area contributed by atoms with Gasteiger partial charge in [-0.3, -0.25) is 0 Å². The SMILES string of the molecule is Cc1cc2c(c(C)c1C)c1c(C)c(C)c(C)cc1n2C. The Balaban J connectivity index is 2.71. The molecule has 1 heteroatoms. The van der Waals surface area contributed by atoms with Crippen LogP contribution >= 0.6 is 0 Å². The second kappa shape index (κ2) is 4.12. The summed E-state index contributed by atoms with van der Waals surface area (Å²) < 4.78 is 2.35. The van der Waals surface area contributed by atoms with Crippen LogP contribution in [0.5, 0.6) is 0 Å². The predicted molar refractivity (Wildman–Crippen MR) is 88.8 cm³/mol. The predicted octanol–water partition coefficient (Wildman–Crippen LogP) is 5.18. The van der Waals surface area contributed by atoms with E-state index in [1.54, 1.807) is 0 Å². The molecule has 0 N–H and O–H groups in total. The highest BCUT2D eigenvalue weighted by atomic mass is 14.9. The maximum atomic E-state index is 2.35. The van der Waals surface area contributed by atoms with Crippen LogP contribution in [-0.4, -0.2) is 4.57 Å². The molecule has 1 aromatic heterocycles. The van der Waals surface area contributed by atoms with Crippen molar-refractivity contribution < 1.29 is 0 Å². The minimum absolute atomic E-state index is 1.36. The van der Waals surface area contributed by atoms with Gasteiger partial charge < -0.3 is 4.57 Å². The summed E-state index contributed by atoms with van der Waals surface area (Å²) in [4.78, 5) is 0. The second-order valence-electron chi connectivity index (χ2n) is 6.23. The Kier molecular flexibility index (Phi) is 2.72. The maximum Gasteiger partial charge on any atom is 0.0494 e. The number of hydrogen-bond acceptors (Lipinski definition) is 0. The normalized spacial score (nSPS) is 11.8. The molecule has 0 saturated carbocycles. The molecule has 1 heterocycles. The molecule has 3 aromatic rings. The van der Waals surface area contributed by atoms with Crippen molar-refractivity contribution in [3.63, 3.8) is 0 Å². The third-order valence-corrected chi connectivity index (χ3v) is 5.25. The van der Waals surface area contributed by atoms with Gasteiger partial charge in [-0.25, -0.2) is 0 Å². The van der Waals surface area contributed by atoms with Crippen LogP contribution in [0.3, 0.4) is 0 Å². The Bertz CT molecular complexity index is 792. The molecule has 0 saturated heterocycles. The first-order valence-electron chi connectivity index (χ1n) is 7.30. The first-order chi connectivity index (χ1) is 9.34. The van der Waals surface area contributed by atoms with E-state index in [2.05, 4.69) is 65.3 Å². The van der Waals surface area contributed by atoms with Gasteiger partial charge >= 0.3 is 0 Å². The second-order valence-corrected chi connectivity index (χ2v) is 6.23. The Morgan fingerprint density at radius 1 is 0.600 bits per heavy atom. The summed E-state index contributed by atoms with van der Waals surface area (Å²) >= 11 is 0. The van der Waals surface area contributed by atoms with E-state index >= 15 is 0 Å². The van der Waals surface area contributed by atoms with Crippen molar-refractivity contribution in [3.8, 4) is 0 Å². The molecule has 0 aliphatic rings. The van der Waals surface area contributed by atoms with Crippen molar-refractivity contribution >= 4 is 21.8 Å². The fraction of sp³-hybridized carbons (Fsp3) is 0.368. The molecule has 0 aliphatic heterocycles. The average Bonchev–Trinajstić information content (AvgIpc) is 2.68. The number of aromatic nitrogens is 1. The standard InChI is InChI=1S/C19H23N/c1-10-8-16-18(14(5)12(10)3)19-15(6)13(4)11(2)9-17(19)20(16)7/h8-9H,1-7H3. The number of nitrogens with zero attached hydrogens (tertiary/aromatic N) is 1. The molecule has 0 radical (unpaired) electrons. The van der Waals surface area contributed by atoms with Gasteiger partial charge in [0.25, 0.3) is 0 Å². The van der Waals surface area contributed by atoms with E-state index in [4.69, 9.17) is 0 Å². The summed E-state index contributed by atoms with van der Waals surface area (Å²) in [5.41, 5.74) is 11.2. The van der Waals surface area contributed by atoms with Crippen LogP contribution in [0.25, 0.3) is 21.8 Å². The molecule has 0 amide bonds. The van der Waals surface area contributed by atoms with Crippen molar-refractivity contribution in [2.24, 2.45) is 7.05 Å². The fourth-order valence-electron chi connectivity index (χ4n) is 3.41. The minimum Gasteiger partial charge on any atom is -0.344 e. The lowest BCUT2D eigenvalue weighted by atomic mass is 9.94. The Morgan fingerprint density at radius 2 is 0.950 bits per heavy atom. The van der Waals surface area contributed by atoms with Gasteiger partial charge in [-0.15, -0.1) is 0 Å².